The van der Waals surface area contributed by atoms with Gasteiger partial charge in [-0.1, -0.05) is 12.1 Å². The molecule has 0 saturated heterocycles. The largest absolute Gasteiger partial charge is 0.481 e. The van der Waals surface area contributed by atoms with Gasteiger partial charge < -0.3 is 10.0 Å². The van der Waals surface area contributed by atoms with Gasteiger partial charge in [0.1, 0.15) is 5.82 Å². The molecule has 1 N–H and O–H groups in total. The summed E-state index contributed by atoms with van der Waals surface area (Å²) >= 11 is 0. The first-order valence-electron chi connectivity index (χ1n) is 8.57. The van der Waals surface area contributed by atoms with Gasteiger partial charge >= 0.3 is 5.97 Å². The molecule has 1 amide bonds. The summed E-state index contributed by atoms with van der Waals surface area (Å²) in [5, 5.41) is 10.1. The monoisotopic (exact) mass is 364 g/mol. The van der Waals surface area contributed by atoms with Crippen LogP contribution in [-0.2, 0) is 24.2 Å². The van der Waals surface area contributed by atoms with Gasteiger partial charge in [0.25, 0.3) is 5.91 Å². The van der Waals surface area contributed by atoms with Gasteiger partial charge in [-0.3, -0.25) is 14.6 Å². The Morgan fingerprint density at radius 2 is 1.96 bits per heavy atom. The van der Waals surface area contributed by atoms with Gasteiger partial charge in [0, 0.05) is 30.7 Å². The van der Waals surface area contributed by atoms with Gasteiger partial charge in [-0.25, -0.2) is 4.39 Å². The van der Waals surface area contributed by atoms with Crippen LogP contribution in [0.2, 0.25) is 0 Å². The van der Waals surface area contributed by atoms with Gasteiger partial charge in [0.2, 0.25) is 0 Å². The highest BCUT2D eigenvalue weighted by molar-refractivity contribution is 6.03. The van der Waals surface area contributed by atoms with Crippen LogP contribution in [0.1, 0.15) is 32.6 Å². The highest BCUT2D eigenvalue weighted by Crippen LogP contribution is 2.32. The first-order valence-corrected chi connectivity index (χ1v) is 8.57. The zero-order chi connectivity index (χ0) is 19.1. The number of fused-ring (bicyclic) bond motifs is 2. The Balaban J connectivity index is 1.83. The van der Waals surface area contributed by atoms with Crippen molar-refractivity contribution >= 4 is 22.8 Å². The van der Waals surface area contributed by atoms with Crippen molar-refractivity contribution in [3.63, 3.8) is 0 Å². The van der Waals surface area contributed by atoms with E-state index < -0.39 is 5.97 Å². The minimum absolute atomic E-state index is 0.115. The number of nitrogens with zero attached hydrogens (tertiary/aromatic N) is 2. The first kappa shape index (κ1) is 17.1. The zero-order valence-corrected chi connectivity index (χ0v) is 14.7. The fourth-order valence-corrected chi connectivity index (χ4v) is 3.60. The van der Waals surface area contributed by atoms with Crippen LogP contribution in [0.3, 0.4) is 0 Å². The van der Waals surface area contributed by atoms with Crippen molar-refractivity contribution in [2.75, 3.05) is 7.05 Å². The SMILES string of the molecule is CN1Cc2c(cc3ncc(Cc4ccc(F)cc4)cc3c2CC(=O)O)C1=O. The third-order valence-electron chi connectivity index (χ3n) is 4.89. The normalized spacial score (nSPS) is 13.3. The van der Waals surface area contributed by atoms with Crippen LogP contribution in [0.5, 0.6) is 0 Å². The molecular formula is C21H17FN2O3. The Labute approximate surface area is 155 Å². The lowest BCUT2D eigenvalue weighted by Gasteiger charge is -2.11. The molecule has 3 aromatic rings. The van der Waals surface area contributed by atoms with E-state index in [9.17, 15) is 19.1 Å². The smallest absolute Gasteiger partial charge is 0.307 e. The summed E-state index contributed by atoms with van der Waals surface area (Å²) in [6, 6.07) is 9.92. The number of pyridine rings is 1. The van der Waals surface area contributed by atoms with E-state index >= 15 is 0 Å². The fraction of sp³-hybridized carbons (Fsp3) is 0.190. The number of rotatable bonds is 4. The summed E-state index contributed by atoms with van der Waals surface area (Å²) in [6.45, 7) is 0.398. The standard InChI is InChI=1S/C21H17FN2O3/c1-24-11-18-15(9-20(25)26)16-7-13(6-12-2-4-14(22)5-3-12)10-23-19(16)8-17(18)21(24)27/h2-5,7-8,10H,6,9,11H2,1H3,(H,25,26). The Morgan fingerprint density at radius 1 is 1.22 bits per heavy atom. The molecule has 4 rings (SSSR count). The van der Waals surface area contributed by atoms with Crippen molar-refractivity contribution in [1.29, 1.82) is 0 Å². The van der Waals surface area contributed by atoms with E-state index in [0.29, 0.717) is 29.6 Å². The molecule has 0 aliphatic carbocycles. The van der Waals surface area contributed by atoms with E-state index in [1.165, 1.54) is 12.1 Å². The number of amides is 1. The molecule has 0 bridgehead atoms. The van der Waals surface area contributed by atoms with Crippen LogP contribution in [-0.4, -0.2) is 33.9 Å². The molecule has 1 aliphatic heterocycles. The summed E-state index contributed by atoms with van der Waals surface area (Å²) in [5.41, 5.74) is 4.38. The average Bonchev–Trinajstić information content (AvgIpc) is 2.92. The molecule has 1 aliphatic rings. The molecule has 0 unspecified atom stereocenters. The van der Waals surface area contributed by atoms with Gasteiger partial charge in [-0.2, -0.15) is 0 Å². The van der Waals surface area contributed by atoms with E-state index in [0.717, 1.165) is 22.1 Å². The number of hydrogen-bond donors (Lipinski definition) is 1. The minimum atomic E-state index is -0.948. The average molecular weight is 364 g/mol. The van der Waals surface area contributed by atoms with E-state index in [2.05, 4.69) is 4.98 Å². The van der Waals surface area contributed by atoms with Crippen molar-refractivity contribution in [3.05, 3.63) is 76.2 Å². The number of carbonyl (C=O) groups excluding carboxylic acids is 1. The third kappa shape index (κ3) is 3.14. The number of carbonyl (C=O) groups is 2. The van der Waals surface area contributed by atoms with Crippen molar-refractivity contribution in [2.24, 2.45) is 0 Å². The Morgan fingerprint density at radius 3 is 2.67 bits per heavy atom. The van der Waals surface area contributed by atoms with Crippen LogP contribution in [0, 0.1) is 5.82 Å². The molecule has 2 aromatic carbocycles. The lowest BCUT2D eigenvalue weighted by Crippen LogP contribution is -2.17. The predicted octanol–water partition coefficient (Wildman–Crippen LogP) is 3.18. The highest BCUT2D eigenvalue weighted by Gasteiger charge is 2.29. The quantitative estimate of drug-likeness (QED) is 0.772. The molecule has 0 spiro atoms. The van der Waals surface area contributed by atoms with Gasteiger partial charge in [0.15, 0.2) is 0 Å². The van der Waals surface area contributed by atoms with Crippen molar-refractivity contribution in [2.45, 2.75) is 19.4 Å². The molecular weight excluding hydrogens is 347 g/mol. The second kappa shape index (κ2) is 6.46. The Hall–Kier alpha value is -3.28. The van der Waals surface area contributed by atoms with Gasteiger partial charge in [-0.15, -0.1) is 0 Å². The Kier molecular flexibility index (Phi) is 4.11. The van der Waals surface area contributed by atoms with Crippen molar-refractivity contribution in [1.82, 2.24) is 9.88 Å². The number of aromatic nitrogens is 1. The van der Waals surface area contributed by atoms with Crippen LogP contribution in [0.25, 0.3) is 10.9 Å². The van der Waals surface area contributed by atoms with Gasteiger partial charge in [0.05, 0.1) is 11.9 Å². The fourth-order valence-electron chi connectivity index (χ4n) is 3.60. The maximum Gasteiger partial charge on any atom is 0.307 e. The molecule has 0 fully saturated rings. The molecule has 6 heteroatoms. The van der Waals surface area contributed by atoms with E-state index in [1.807, 2.05) is 6.07 Å². The number of carboxylic acid groups (broad SMARTS) is 1. The van der Waals surface area contributed by atoms with E-state index in [4.69, 9.17) is 0 Å². The highest BCUT2D eigenvalue weighted by atomic mass is 19.1. The summed E-state index contributed by atoms with van der Waals surface area (Å²) in [5.74, 6) is -1.35. The molecule has 0 saturated carbocycles. The number of carboxylic acids is 1. The minimum Gasteiger partial charge on any atom is -0.481 e. The lowest BCUT2D eigenvalue weighted by molar-refractivity contribution is -0.136. The summed E-state index contributed by atoms with van der Waals surface area (Å²) in [4.78, 5) is 29.8. The Bertz CT molecular complexity index is 1080. The van der Waals surface area contributed by atoms with Crippen LogP contribution in [0.4, 0.5) is 4.39 Å². The molecule has 1 aromatic heterocycles. The molecule has 5 nitrogen and oxygen atoms in total. The first-order chi connectivity index (χ1) is 12.9. The second-order valence-electron chi connectivity index (χ2n) is 6.83. The van der Waals surface area contributed by atoms with Crippen molar-refractivity contribution in [3.8, 4) is 0 Å². The summed E-state index contributed by atoms with van der Waals surface area (Å²) < 4.78 is 13.1. The maximum absolute atomic E-state index is 13.1. The lowest BCUT2D eigenvalue weighted by atomic mass is 9.94. The second-order valence-corrected chi connectivity index (χ2v) is 6.83. The molecule has 0 radical (unpaired) electrons. The van der Waals surface area contributed by atoms with Gasteiger partial charge in [-0.05, 0) is 52.9 Å². The maximum atomic E-state index is 13.1. The van der Waals surface area contributed by atoms with E-state index in [1.54, 1.807) is 36.3 Å². The van der Waals surface area contributed by atoms with E-state index in [-0.39, 0.29) is 18.1 Å². The van der Waals surface area contributed by atoms with Crippen molar-refractivity contribution < 1.29 is 19.1 Å². The summed E-state index contributed by atoms with van der Waals surface area (Å²) in [6.07, 6.45) is 2.11. The molecule has 27 heavy (non-hydrogen) atoms. The molecule has 2 heterocycles. The molecule has 136 valence electrons. The topological polar surface area (TPSA) is 70.5 Å². The number of aliphatic carboxylic acids is 1. The van der Waals surface area contributed by atoms with Crippen LogP contribution >= 0.6 is 0 Å². The van der Waals surface area contributed by atoms with Crippen LogP contribution < -0.4 is 0 Å². The number of halogens is 1. The van der Waals surface area contributed by atoms with Crippen LogP contribution in [0.15, 0.2) is 42.6 Å². The molecule has 0 atom stereocenters. The third-order valence-corrected chi connectivity index (χ3v) is 4.89. The predicted molar refractivity (Wildman–Crippen MR) is 98.1 cm³/mol. The number of benzene rings is 2. The number of hydrogen-bond acceptors (Lipinski definition) is 3. The summed E-state index contributed by atoms with van der Waals surface area (Å²) in [7, 11) is 1.70. The zero-order valence-electron chi connectivity index (χ0n) is 14.7.